The van der Waals surface area contributed by atoms with E-state index in [4.69, 9.17) is 0 Å². The molecule has 0 heterocycles. The van der Waals surface area contributed by atoms with Crippen LogP contribution in [-0.2, 0) is 49.4 Å². The molecular weight excluding hydrogens is 877 g/mol. The van der Waals surface area contributed by atoms with E-state index in [9.17, 15) is 26.3 Å². The molecule has 1 radical (unpaired) electrons. The first-order valence-electron chi connectivity index (χ1n) is 19.5. The van der Waals surface area contributed by atoms with Crippen LogP contribution in [0.25, 0.3) is 17.2 Å². The maximum absolute atomic E-state index is 14.5. The third kappa shape index (κ3) is 9.79. The van der Waals surface area contributed by atoms with Crippen LogP contribution in [-0.4, -0.2) is 0 Å². The van der Waals surface area contributed by atoms with E-state index >= 15 is 0 Å². The Bertz CT molecular complexity index is 2480. The average Bonchev–Trinajstić information content (AvgIpc) is 3.64. The number of hydrogen-bond donors (Lipinski definition) is 0. The van der Waals surface area contributed by atoms with Crippen molar-refractivity contribution in [2.75, 3.05) is 0 Å². The van der Waals surface area contributed by atoms with Gasteiger partial charge < -0.3 is 24.8 Å². The molecule has 2 aliphatic carbocycles. The zero-order chi connectivity index (χ0) is 41.5. The van der Waals surface area contributed by atoms with Crippen molar-refractivity contribution in [2.24, 2.45) is 11.3 Å². The van der Waals surface area contributed by atoms with Gasteiger partial charge in [0, 0.05) is 0 Å². The molecule has 0 bridgehead atoms. The third-order valence-electron chi connectivity index (χ3n) is 11.3. The van der Waals surface area contributed by atoms with Gasteiger partial charge in [-0.05, 0) is 99.8 Å². The molecule has 0 aromatic heterocycles. The Labute approximate surface area is 377 Å². The number of hydrogen-bond acceptors (Lipinski definition) is 0. The summed E-state index contributed by atoms with van der Waals surface area (Å²) >= 11 is 0. The quantitative estimate of drug-likeness (QED) is 0.129. The Hall–Kier alpha value is -2.86. The molecule has 313 valence electrons. The van der Waals surface area contributed by atoms with Gasteiger partial charge in [-0.1, -0.05) is 146 Å². The molecule has 1 unspecified atom stereocenters. The number of halogens is 8. The largest absolute Gasteiger partial charge is 3.00 e. The van der Waals surface area contributed by atoms with Gasteiger partial charge in [0.25, 0.3) is 0 Å². The Morgan fingerprint density at radius 2 is 1.22 bits per heavy atom. The van der Waals surface area contributed by atoms with Crippen LogP contribution in [0.3, 0.4) is 0 Å². The van der Waals surface area contributed by atoms with E-state index in [1.54, 1.807) is 12.1 Å². The Morgan fingerprint density at radius 1 is 0.695 bits per heavy atom. The maximum Gasteiger partial charge on any atom is 3.00 e. The number of aryl methyl sites for hydroxylation is 1. The van der Waals surface area contributed by atoms with Crippen LogP contribution in [0.4, 0.5) is 26.3 Å². The molecule has 2 aliphatic rings. The van der Waals surface area contributed by atoms with Gasteiger partial charge >= 0.3 is 38.6 Å². The van der Waals surface area contributed by atoms with E-state index in [1.807, 2.05) is 0 Å². The van der Waals surface area contributed by atoms with E-state index in [0.29, 0.717) is 10.8 Å². The van der Waals surface area contributed by atoms with Gasteiger partial charge in [-0.25, -0.2) is 0 Å². The molecule has 0 saturated heterocycles. The molecule has 0 spiro atoms. The molecule has 1 atom stereocenters. The van der Waals surface area contributed by atoms with Crippen LogP contribution in [0.15, 0.2) is 78.4 Å². The number of fused-ring (bicyclic) bond motifs is 2. The van der Waals surface area contributed by atoms with Crippen molar-refractivity contribution in [1.82, 2.24) is 0 Å². The predicted octanol–water partition coefficient (Wildman–Crippen LogP) is 7.28. The number of allylic oxidation sites excluding steroid dienone is 4. The normalized spacial score (nSPS) is 15.2. The first-order chi connectivity index (χ1) is 25.7. The van der Waals surface area contributed by atoms with Crippen molar-refractivity contribution in [2.45, 2.75) is 119 Å². The molecule has 9 heteroatoms. The van der Waals surface area contributed by atoms with Gasteiger partial charge in [0.05, 0.1) is 11.1 Å². The second-order valence-electron chi connectivity index (χ2n) is 18.7. The van der Waals surface area contributed by atoms with Crippen LogP contribution < -0.4 is 35.3 Å². The Morgan fingerprint density at radius 3 is 1.66 bits per heavy atom. The van der Waals surface area contributed by atoms with Crippen molar-refractivity contribution in [1.29, 1.82) is 0 Å². The predicted molar refractivity (Wildman–Crippen MR) is 218 cm³/mol. The average molecular weight is 930 g/mol. The first kappa shape index (κ1) is 50.5. The minimum Gasteiger partial charge on any atom is -1.00 e. The summed E-state index contributed by atoms with van der Waals surface area (Å²) in [4.78, 5) is 0. The molecule has 0 amide bonds. The van der Waals surface area contributed by atoms with E-state index < -0.39 is 28.9 Å². The summed E-state index contributed by atoms with van der Waals surface area (Å²) in [5.74, 6) is 0.128. The van der Waals surface area contributed by atoms with Gasteiger partial charge in [-0.15, -0.1) is 33.4 Å². The molecule has 0 nitrogen and oxygen atoms in total. The fraction of sp³-hybridized carbons (Fsp3) is 0.400. The van der Waals surface area contributed by atoms with E-state index in [2.05, 4.69) is 113 Å². The summed E-state index contributed by atoms with van der Waals surface area (Å²) in [5, 5.41) is 3.17. The van der Waals surface area contributed by atoms with Crippen molar-refractivity contribution in [3.63, 3.8) is 0 Å². The summed E-state index contributed by atoms with van der Waals surface area (Å²) in [6.45, 7) is 25.6. The first-order valence-corrected chi connectivity index (χ1v) is 19.5. The van der Waals surface area contributed by atoms with Crippen molar-refractivity contribution in [3.05, 3.63) is 155 Å². The topological polar surface area (TPSA) is 0 Å². The minimum atomic E-state index is -4.67. The Kier molecular flexibility index (Phi) is 15.0. The molecular formula is C50H53Cl2F6Zr. The van der Waals surface area contributed by atoms with Crippen LogP contribution in [0.1, 0.15) is 138 Å². The molecule has 4 aromatic rings. The molecule has 0 aliphatic heterocycles. The number of alkyl halides is 6. The van der Waals surface area contributed by atoms with Crippen LogP contribution in [0.5, 0.6) is 0 Å². The third-order valence-corrected chi connectivity index (χ3v) is 11.3. The van der Waals surface area contributed by atoms with Gasteiger partial charge in [-0.2, -0.15) is 26.3 Å². The zero-order valence-electron chi connectivity index (χ0n) is 35.9. The standard InChI is InChI=1S/C50H53F6.2ClH.Zr/c1-13-16-30-22-36(46(4,5)6)26-37(30)41-29(3)45(48(10,11)12)44(43-38-27-40(47(7,8)9)28(2)21-33(38)25-39(41)43)42(31-17-14-19-34(23-31)49(51,52)53)32-18-15-20-35(24-32)50(54,55)56;;;/h14-15,17-24,26-27,30H,13,16H2,1-12H3;2*1H;/q-1;;;+3/p-2. The van der Waals surface area contributed by atoms with Crippen LogP contribution in [0, 0.1) is 35.6 Å². The fourth-order valence-electron chi connectivity index (χ4n) is 8.84. The molecule has 59 heavy (non-hydrogen) atoms. The monoisotopic (exact) mass is 927 g/mol. The Balaban J connectivity index is 0.00000310. The summed E-state index contributed by atoms with van der Waals surface area (Å²) in [6, 6.07) is 14.3. The molecule has 0 fully saturated rings. The summed E-state index contributed by atoms with van der Waals surface area (Å²) < 4.78 is 86.8. The number of rotatable bonds is 5. The van der Waals surface area contributed by atoms with Crippen LogP contribution in [0.2, 0.25) is 0 Å². The fourth-order valence-corrected chi connectivity index (χ4v) is 8.84. The van der Waals surface area contributed by atoms with E-state index in [-0.39, 0.29) is 78.9 Å². The zero-order valence-corrected chi connectivity index (χ0v) is 39.9. The van der Waals surface area contributed by atoms with Crippen molar-refractivity contribution in [3.8, 4) is 0 Å². The van der Waals surface area contributed by atoms with Crippen LogP contribution >= 0.6 is 0 Å². The minimum absolute atomic E-state index is 0. The summed E-state index contributed by atoms with van der Waals surface area (Å²) in [6.07, 6.45) is 1.06. The summed E-state index contributed by atoms with van der Waals surface area (Å²) in [5.41, 5.74) is 6.32. The smallest absolute Gasteiger partial charge is 1.00 e. The second-order valence-corrected chi connectivity index (χ2v) is 18.7. The number of benzene rings is 4. The van der Waals surface area contributed by atoms with Gasteiger partial charge in [-0.3, -0.25) is 0 Å². The van der Waals surface area contributed by atoms with E-state index in [0.717, 1.165) is 86.1 Å². The molecule has 0 N–H and O–H groups in total. The second kappa shape index (κ2) is 17.5. The van der Waals surface area contributed by atoms with Gasteiger partial charge in [0.1, 0.15) is 0 Å². The maximum atomic E-state index is 14.5. The SMILES string of the molecule is CCCC1C=C(C(C)(C)C)C=C1c1c(C)c(C(C)(C)C)c(=C(c2cccc(C(F)(F)F)c2)c2cccc(C(F)(F)F)c2)c2c1[C-]=c1cc(C)c(C(C)(C)C)cc1=2.[Cl-].[Cl-].[Zr+3]. The van der Waals surface area contributed by atoms with Gasteiger partial charge in [0.2, 0.25) is 0 Å². The molecule has 4 aromatic carbocycles. The van der Waals surface area contributed by atoms with Crippen molar-refractivity contribution < 1.29 is 77.4 Å². The van der Waals surface area contributed by atoms with Crippen molar-refractivity contribution >= 4 is 17.2 Å². The summed E-state index contributed by atoms with van der Waals surface area (Å²) in [7, 11) is 0. The molecule has 0 saturated carbocycles. The molecule has 6 rings (SSSR count). The van der Waals surface area contributed by atoms with E-state index in [1.165, 1.54) is 23.3 Å². The van der Waals surface area contributed by atoms with Gasteiger partial charge in [0.15, 0.2) is 0 Å².